The molecule has 0 aliphatic heterocycles. The number of carbonyl (C=O) groups excluding carboxylic acids is 1. The van der Waals surface area contributed by atoms with Gasteiger partial charge in [-0.1, -0.05) is 12.1 Å². The van der Waals surface area contributed by atoms with Gasteiger partial charge in [0.25, 0.3) is 0 Å². The van der Waals surface area contributed by atoms with E-state index in [1.54, 1.807) is 31.2 Å². The maximum Gasteiger partial charge on any atom is 0.343 e. The van der Waals surface area contributed by atoms with E-state index >= 15 is 0 Å². The first-order valence-corrected chi connectivity index (χ1v) is 8.28. The van der Waals surface area contributed by atoms with Gasteiger partial charge in [0.15, 0.2) is 5.82 Å². The predicted octanol–water partition coefficient (Wildman–Crippen LogP) is 3.58. The topological polar surface area (TPSA) is 68.4 Å². The van der Waals surface area contributed by atoms with Crippen molar-refractivity contribution in [1.82, 2.24) is 4.98 Å². The maximum atomic E-state index is 14.9. The van der Waals surface area contributed by atoms with E-state index in [1.165, 1.54) is 7.11 Å². The van der Waals surface area contributed by atoms with Crippen LogP contribution in [0, 0.1) is 11.6 Å². The molecule has 0 aliphatic rings. The first kappa shape index (κ1) is 18.6. The van der Waals surface area contributed by atoms with Gasteiger partial charge in [0.05, 0.1) is 24.6 Å². The molecule has 0 atom stereocenters. The van der Waals surface area contributed by atoms with Crippen LogP contribution < -0.4 is 10.2 Å². The predicted molar refractivity (Wildman–Crippen MR) is 96.2 cm³/mol. The molecule has 0 amide bonds. The molecule has 5 nitrogen and oxygen atoms in total. The van der Waals surface area contributed by atoms with Gasteiger partial charge in [0.1, 0.15) is 17.1 Å². The third kappa shape index (κ3) is 3.53. The zero-order valence-electron chi connectivity index (χ0n) is 14.8. The van der Waals surface area contributed by atoms with Crippen LogP contribution in [0.25, 0.3) is 10.9 Å². The summed E-state index contributed by atoms with van der Waals surface area (Å²) >= 11 is 0. The van der Waals surface area contributed by atoms with Crippen molar-refractivity contribution >= 4 is 16.9 Å². The van der Waals surface area contributed by atoms with Crippen molar-refractivity contribution in [2.24, 2.45) is 0 Å². The lowest BCUT2D eigenvalue weighted by molar-refractivity contribution is 0.0524. The SMILES string of the molecule is CCOC(=O)c1c[nH]c2c(F)c(Cc3ccc(OC)cc3)c(F)cc2c1=O. The minimum atomic E-state index is -0.867. The second kappa shape index (κ2) is 7.57. The third-order valence-corrected chi connectivity index (χ3v) is 4.20. The molecule has 0 bridgehead atoms. The van der Waals surface area contributed by atoms with Crippen LogP contribution in [-0.2, 0) is 11.2 Å². The first-order chi connectivity index (χ1) is 13.0. The number of hydrogen-bond acceptors (Lipinski definition) is 4. The van der Waals surface area contributed by atoms with E-state index in [1.807, 2.05) is 0 Å². The van der Waals surface area contributed by atoms with Crippen molar-refractivity contribution < 1.29 is 23.0 Å². The summed E-state index contributed by atoms with van der Waals surface area (Å²) in [7, 11) is 1.53. The highest BCUT2D eigenvalue weighted by molar-refractivity contribution is 5.93. The average molecular weight is 373 g/mol. The molecule has 2 aromatic carbocycles. The molecule has 3 aromatic rings. The molecule has 0 fully saturated rings. The zero-order valence-corrected chi connectivity index (χ0v) is 14.8. The highest BCUT2D eigenvalue weighted by atomic mass is 19.1. The standard InChI is InChI=1S/C20H17F2NO4/c1-3-27-20(25)15-10-23-18-14(19(15)24)9-16(21)13(17(18)22)8-11-4-6-12(26-2)7-5-11/h4-7,9-10H,3,8H2,1-2H3,(H,23,24). The summed E-state index contributed by atoms with van der Waals surface area (Å²) in [5.74, 6) is -1.94. The number of pyridine rings is 1. The Bertz CT molecular complexity index is 1060. The van der Waals surface area contributed by atoms with Crippen molar-refractivity contribution in [2.75, 3.05) is 13.7 Å². The number of rotatable bonds is 5. The highest BCUT2D eigenvalue weighted by Crippen LogP contribution is 2.24. The summed E-state index contributed by atoms with van der Waals surface area (Å²) in [4.78, 5) is 26.8. The number of benzene rings is 2. The fraction of sp³-hybridized carbons (Fsp3) is 0.200. The second-order valence-corrected chi connectivity index (χ2v) is 5.85. The molecule has 1 aromatic heterocycles. The summed E-state index contributed by atoms with van der Waals surface area (Å²) in [6.07, 6.45) is 1.08. The lowest BCUT2D eigenvalue weighted by Gasteiger charge is -2.10. The highest BCUT2D eigenvalue weighted by Gasteiger charge is 2.20. The van der Waals surface area contributed by atoms with E-state index < -0.39 is 23.0 Å². The van der Waals surface area contributed by atoms with Crippen LogP contribution in [0.1, 0.15) is 28.4 Å². The average Bonchev–Trinajstić information content (AvgIpc) is 2.66. The number of nitrogens with one attached hydrogen (secondary N) is 1. The molecule has 0 saturated heterocycles. The number of aromatic amines is 1. The van der Waals surface area contributed by atoms with Gasteiger partial charge in [-0.05, 0) is 30.7 Å². The maximum absolute atomic E-state index is 14.9. The summed E-state index contributed by atoms with van der Waals surface area (Å²) in [5, 5.41) is -0.242. The zero-order chi connectivity index (χ0) is 19.6. The Morgan fingerprint density at radius 2 is 1.89 bits per heavy atom. The van der Waals surface area contributed by atoms with Crippen LogP contribution in [0.5, 0.6) is 5.75 Å². The normalized spacial score (nSPS) is 10.8. The molecule has 140 valence electrons. The number of methoxy groups -OCH3 is 1. The van der Waals surface area contributed by atoms with Crippen LogP contribution in [0.15, 0.2) is 41.3 Å². The molecule has 0 spiro atoms. The Morgan fingerprint density at radius 1 is 1.19 bits per heavy atom. The van der Waals surface area contributed by atoms with Crippen LogP contribution in [0.4, 0.5) is 8.78 Å². The molecule has 3 rings (SSSR count). The fourth-order valence-electron chi connectivity index (χ4n) is 2.81. The summed E-state index contributed by atoms with van der Waals surface area (Å²) in [5.41, 5.74) is -0.731. The quantitative estimate of drug-likeness (QED) is 0.694. The van der Waals surface area contributed by atoms with Crippen molar-refractivity contribution in [3.05, 3.63) is 75.1 Å². The number of ether oxygens (including phenoxy) is 2. The molecule has 7 heteroatoms. The van der Waals surface area contributed by atoms with Crippen molar-refractivity contribution in [2.45, 2.75) is 13.3 Å². The molecular formula is C20H17F2NO4. The van der Waals surface area contributed by atoms with Gasteiger partial charge in [-0.2, -0.15) is 0 Å². The van der Waals surface area contributed by atoms with Gasteiger partial charge in [-0.15, -0.1) is 0 Å². The minimum absolute atomic E-state index is 0.000735. The number of esters is 1. The largest absolute Gasteiger partial charge is 0.497 e. The van der Waals surface area contributed by atoms with Crippen molar-refractivity contribution in [1.29, 1.82) is 0 Å². The fourth-order valence-corrected chi connectivity index (χ4v) is 2.81. The van der Waals surface area contributed by atoms with Crippen LogP contribution in [0.2, 0.25) is 0 Å². The summed E-state index contributed by atoms with van der Waals surface area (Å²) in [6, 6.07) is 7.74. The smallest absolute Gasteiger partial charge is 0.343 e. The first-order valence-electron chi connectivity index (χ1n) is 8.28. The summed E-state index contributed by atoms with van der Waals surface area (Å²) < 4.78 is 39.3. The van der Waals surface area contributed by atoms with E-state index in [0.717, 1.165) is 12.3 Å². The van der Waals surface area contributed by atoms with E-state index in [4.69, 9.17) is 9.47 Å². The van der Waals surface area contributed by atoms with Crippen LogP contribution >= 0.6 is 0 Å². The molecule has 1 N–H and O–H groups in total. The Hall–Kier alpha value is -3.22. The Morgan fingerprint density at radius 3 is 2.52 bits per heavy atom. The van der Waals surface area contributed by atoms with E-state index in [0.29, 0.717) is 11.3 Å². The molecular weight excluding hydrogens is 356 g/mol. The molecule has 1 heterocycles. The minimum Gasteiger partial charge on any atom is -0.497 e. The molecule has 0 unspecified atom stereocenters. The number of H-pyrrole nitrogens is 1. The van der Waals surface area contributed by atoms with Crippen molar-refractivity contribution in [3.63, 3.8) is 0 Å². The van der Waals surface area contributed by atoms with Gasteiger partial charge in [0, 0.05) is 18.2 Å². The number of carbonyl (C=O) groups is 1. The van der Waals surface area contributed by atoms with E-state index in [-0.39, 0.29) is 35.1 Å². The van der Waals surface area contributed by atoms with Crippen LogP contribution in [0.3, 0.4) is 0 Å². The van der Waals surface area contributed by atoms with Gasteiger partial charge < -0.3 is 14.5 Å². The lowest BCUT2D eigenvalue weighted by atomic mass is 10.0. The van der Waals surface area contributed by atoms with E-state index in [9.17, 15) is 18.4 Å². The van der Waals surface area contributed by atoms with E-state index in [2.05, 4.69) is 4.98 Å². The molecule has 0 radical (unpaired) electrons. The number of halogens is 2. The number of fused-ring (bicyclic) bond motifs is 1. The van der Waals surface area contributed by atoms with Gasteiger partial charge in [0.2, 0.25) is 5.43 Å². The molecule has 0 aliphatic carbocycles. The number of aromatic nitrogens is 1. The number of hydrogen-bond donors (Lipinski definition) is 1. The van der Waals surface area contributed by atoms with Gasteiger partial charge >= 0.3 is 5.97 Å². The van der Waals surface area contributed by atoms with Gasteiger partial charge in [-0.3, -0.25) is 4.79 Å². The summed E-state index contributed by atoms with van der Waals surface area (Å²) in [6.45, 7) is 1.68. The van der Waals surface area contributed by atoms with Crippen molar-refractivity contribution in [3.8, 4) is 5.75 Å². The third-order valence-electron chi connectivity index (χ3n) is 4.20. The monoisotopic (exact) mass is 373 g/mol. The Balaban J connectivity index is 2.07. The molecule has 0 saturated carbocycles. The van der Waals surface area contributed by atoms with Crippen LogP contribution in [-0.4, -0.2) is 24.7 Å². The molecule has 27 heavy (non-hydrogen) atoms. The lowest BCUT2D eigenvalue weighted by Crippen LogP contribution is -2.19. The Kier molecular flexibility index (Phi) is 5.21. The van der Waals surface area contributed by atoms with Gasteiger partial charge in [-0.25, -0.2) is 13.6 Å². The second-order valence-electron chi connectivity index (χ2n) is 5.85. The Labute approximate surface area is 153 Å².